The van der Waals surface area contributed by atoms with Crippen LogP contribution < -0.4 is 10.2 Å². The van der Waals surface area contributed by atoms with E-state index >= 15 is 0 Å². The molecule has 0 bridgehead atoms. The number of anilines is 2. The SMILES string of the molecule is Cn1cnnc1-c1cccc(NC(=O)C2CC(=O)N(c3cccc(C(F)(F)F)c3)C2)c1. The normalized spacial score (nSPS) is 16.6. The number of amides is 2. The molecule has 3 aromatic rings. The molecule has 2 aromatic carbocycles. The van der Waals surface area contributed by atoms with Crippen LogP contribution in [-0.4, -0.2) is 33.1 Å². The Balaban J connectivity index is 1.48. The van der Waals surface area contributed by atoms with Gasteiger partial charge in [0.15, 0.2) is 5.82 Å². The molecule has 1 fully saturated rings. The maximum atomic E-state index is 13.0. The van der Waals surface area contributed by atoms with Gasteiger partial charge < -0.3 is 14.8 Å². The van der Waals surface area contributed by atoms with Gasteiger partial charge in [-0.3, -0.25) is 9.59 Å². The van der Waals surface area contributed by atoms with E-state index in [-0.39, 0.29) is 24.6 Å². The first-order valence-corrected chi connectivity index (χ1v) is 9.45. The highest BCUT2D eigenvalue weighted by Gasteiger charge is 2.37. The van der Waals surface area contributed by atoms with Gasteiger partial charge in [-0.05, 0) is 30.3 Å². The highest BCUT2D eigenvalue weighted by atomic mass is 19.4. The van der Waals surface area contributed by atoms with E-state index in [1.807, 2.05) is 6.07 Å². The third kappa shape index (κ3) is 4.27. The molecule has 1 atom stereocenters. The molecule has 0 saturated carbocycles. The van der Waals surface area contributed by atoms with Crippen molar-refractivity contribution in [1.29, 1.82) is 0 Å². The van der Waals surface area contributed by atoms with Crippen molar-refractivity contribution in [3.8, 4) is 11.4 Å². The monoisotopic (exact) mass is 429 g/mol. The molecule has 2 heterocycles. The van der Waals surface area contributed by atoms with Crippen LogP contribution in [0.2, 0.25) is 0 Å². The van der Waals surface area contributed by atoms with Crippen molar-refractivity contribution in [1.82, 2.24) is 14.8 Å². The smallest absolute Gasteiger partial charge is 0.326 e. The maximum absolute atomic E-state index is 13.0. The highest BCUT2D eigenvalue weighted by molar-refractivity contribution is 6.03. The molecular weight excluding hydrogens is 411 g/mol. The van der Waals surface area contributed by atoms with Crippen LogP contribution in [0.25, 0.3) is 11.4 Å². The van der Waals surface area contributed by atoms with E-state index in [2.05, 4.69) is 15.5 Å². The lowest BCUT2D eigenvalue weighted by Crippen LogP contribution is -2.28. The second-order valence-electron chi connectivity index (χ2n) is 7.29. The molecule has 1 aliphatic heterocycles. The molecule has 1 aromatic heterocycles. The summed E-state index contributed by atoms with van der Waals surface area (Å²) < 4.78 is 40.7. The Morgan fingerprint density at radius 2 is 1.94 bits per heavy atom. The van der Waals surface area contributed by atoms with Gasteiger partial charge in [-0.1, -0.05) is 18.2 Å². The lowest BCUT2D eigenvalue weighted by molar-refractivity contribution is -0.137. The minimum absolute atomic E-state index is 0.00888. The van der Waals surface area contributed by atoms with Crippen LogP contribution in [0, 0.1) is 5.92 Å². The van der Waals surface area contributed by atoms with Crippen LogP contribution in [0.4, 0.5) is 24.5 Å². The predicted octanol–water partition coefficient (Wildman–Crippen LogP) is 3.49. The summed E-state index contributed by atoms with van der Waals surface area (Å²) in [4.78, 5) is 26.3. The van der Waals surface area contributed by atoms with Crippen LogP contribution in [0.3, 0.4) is 0 Å². The van der Waals surface area contributed by atoms with Crippen LogP contribution in [-0.2, 0) is 22.8 Å². The third-order valence-electron chi connectivity index (χ3n) is 5.08. The van der Waals surface area contributed by atoms with Crippen molar-refractivity contribution >= 4 is 23.2 Å². The number of carbonyl (C=O) groups is 2. The molecule has 0 spiro atoms. The molecule has 7 nitrogen and oxygen atoms in total. The zero-order valence-electron chi connectivity index (χ0n) is 16.4. The number of hydrogen-bond donors (Lipinski definition) is 1. The van der Waals surface area contributed by atoms with Crippen LogP contribution in [0.5, 0.6) is 0 Å². The van der Waals surface area contributed by atoms with Gasteiger partial charge in [0.1, 0.15) is 6.33 Å². The molecule has 160 valence electrons. The average molecular weight is 429 g/mol. The van der Waals surface area contributed by atoms with Crippen molar-refractivity contribution < 1.29 is 22.8 Å². The topological polar surface area (TPSA) is 80.1 Å². The number of nitrogens with zero attached hydrogens (tertiary/aromatic N) is 4. The fraction of sp³-hybridized carbons (Fsp3) is 0.238. The van der Waals surface area contributed by atoms with Crippen LogP contribution >= 0.6 is 0 Å². The summed E-state index contributed by atoms with van der Waals surface area (Å²) in [5, 5.41) is 10.6. The fourth-order valence-electron chi connectivity index (χ4n) is 3.51. The number of hydrogen-bond acceptors (Lipinski definition) is 4. The number of benzene rings is 2. The maximum Gasteiger partial charge on any atom is 0.416 e. The predicted molar refractivity (Wildman–Crippen MR) is 107 cm³/mol. The number of carbonyl (C=O) groups excluding carboxylic acids is 2. The van der Waals surface area contributed by atoms with Crippen LogP contribution in [0.15, 0.2) is 54.9 Å². The zero-order valence-corrected chi connectivity index (χ0v) is 16.4. The van der Waals surface area contributed by atoms with Crippen molar-refractivity contribution in [3.05, 3.63) is 60.4 Å². The Kier molecular flexibility index (Phi) is 5.22. The van der Waals surface area contributed by atoms with E-state index in [0.717, 1.165) is 17.7 Å². The lowest BCUT2D eigenvalue weighted by Gasteiger charge is -2.18. The van der Waals surface area contributed by atoms with Crippen molar-refractivity contribution in [2.75, 3.05) is 16.8 Å². The molecular formula is C21H18F3N5O2. The Morgan fingerprint density at radius 3 is 2.65 bits per heavy atom. The first-order valence-electron chi connectivity index (χ1n) is 9.45. The summed E-state index contributed by atoms with van der Waals surface area (Å²) in [5.74, 6) is -0.825. The molecule has 0 aliphatic carbocycles. The molecule has 10 heteroatoms. The molecule has 1 saturated heterocycles. The van der Waals surface area contributed by atoms with E-state index in [4.69, 9.17) is 0 Å². The first kappa shape index (κ1) is 20.6. The van der Waals surface area contributed by atoms with Crippen molar-refractivity contribution in [2.45, 2.75) is 12.6 Å². The number of nitrogens with one attached hydrogen (secondary N) is 1. The van der Waals surface area contributed by atoms with Gasteiger partial charge in [-0.2, -0.15) is 13.2 Å². The summed E-state index contributed by atoms with van der Waals surface area (Å²) in [6, 6.07) is 11.6. The summed E-state index contributed by atoms with van der Waals surface area (Å²) in [7, 11) is 1.80. The quantitative estimate of drug-likeness (QED) is 0.689. The van der Waals surface area contributed by atoms with Gasteiger partial charge in [-0.25, -0.2) is 0 Å². The van der Waals surface area contributed by atoms with Gasteiger partial charge in [0.2, 0.25) is 11.8 Å². The number of aromatic nitrogens is 3. The van der Waals surface area contributed by atoms with E-state index in [1.54, 1.807) is 36.1 Å². The van der Waals surface area contributed by atoms with E-state index < -0.39 is 23.6 Å². The highest BCUT2D eigenvalue weighted by Crippen LogP contribution is 2.33. The van der Waals surface area contributed by atoms with Crippen molar-refractivity contribution in [2.24, 2.45) is 13.0 Å². The molecule has 2 amide bonds. The second-order valence-corrected chi connectivity index (χ2v) is 7.29. The minimum atomic E-state index is -4.51. The second kappa shape index (κ2) is 7.86. The average Bonchev–Trinajstić information content (AvgIpc) is 3.33. The standard InChI is InChI=1S/C21H18F3N5O2/c1-28-12-25-27-19(28)13-4-2-6-16(8-13)26-20(31)14-9-18(30)29(11-14)17-7-3-5-15(10-17)21(22,23)24/h2-8,10,12,14H,9,11H2,1H3,(H,26,31). The van der Waals surface area contributed by atoms with Crippen molar-refractivity contribution in [3.63, 3.8) is 0 Å². The summed E-state index contributed by atoms with van der Waals surface area (Å²) >= 11 is 0. The number of halogens is 3. The molecule has 1 N–H and O–H groups in total. The van der Waals surface area contributed by atoms with Gasteiger partial charge in [0.05, 0.1) is 11.5 Å². The number of aryl methyl sites for hydroxylation is 1. The Hall–Kier alpha value is -3.69. The molecule has 1 unspecified atom stereocenters. The van der Waals surface area contributed by atoms with E-state index in [9.17, 15) is 22.8 Å². The molecule has 4 rings (SSSR count). The third-order valence-corrected chi connectivity index (χ3v) is 5.08. The van der Waals surface area contributed by atoms with E-state index in [1.165, 1.54) is 17.0 Å². The summed E-state index contributed by atoms with van der Waals surface area (Å²) in [6.07, 6.45) is -3.03. The Bertz CT molecular complexity index is 1140. The minimum Gasteiger partial charge on any atom is -0.326 e. The zero-order chi connectivity index (χ0) is 22.2. The first-order chi connectivity index (χ1) is 14.7. The van der Waals surface area contributed by atoms with E-state index in [0.29, 0.717) is 11.5 Å². The van der Waals surface area contributed by atoms with Crippen LogP contribution in [0.1, 0.15) is 12.0 Å². The number of alkyl halides is 3. The summed E-state index contributed by atoms with van der Waals surface area (Å²) in [5.41, 5.74) is 0.562. The Labute approximate surface area is 175 Å². The lowest BCUT2D eigenvalue weighted by atomic mass is 10.1. The summed E-state index contributed by atoms with van der Waals surface area (Å²) in [6.45, 7) is 0.00888. The molecule has 31 heavy (non-hydrogen) atoms. The Morgan fingerprint density at radius 1 is 1.16 bits per heavy atom. The molecule has 0 radical (unpaired) electrons. The fourth-order valence-corrected chi connectivity index (χ4v) is 3.51. The van der Waals surface area contributed by atoms with Gasteiger partial charge in [-0.15, -0.1) is 10.2 Å². The van der Waals surface area contributed by atoms with Gasteiger partial charge >= 0.3 is 6.18 Å². The van der Waals surface area contributed by atoms with Gasteiger partial charge in [0, 0.05) is 37.0 Å². The largest absolute Gasteiger partial charge is 0.416 e. The number of rotatable bonds is 4. The molecule has 1 aliphatic rings. The van der Waals surface area contributed by atoms with Gasteiger partial charge in [0.25, 0.3) is 0 Å².